The van der Waals surface area contributed by atoms with E-state index in [0.29, 0.717) is 6.54 Å². The molecule has 18 heavy (non-hydrogen) atoms. The highest BCUT2D eigenvalue weighted by atomic mass is 32.1. The minimum Gasteiger partial charge on any atom is -0.468 e. The van der Waals surface area contributed by atoms with Crippen LogP contribution in [0.5, 0.6) is 0 Å². The van der Waals surface area contributed by atoms with E-state index in [1.54, 1.807) is 11.3 Å². The Balaban J connectivity index is 1.94. The molecule has 4 nitrogen and oxygen atoms in total. The summed E-state index contributed by atoms with van der Waals surface area (Å²) in [6.45, 7) is 2.71. The van der Waals surface area contributed by atoms with E-state index in [4.69, 9.17) is 9.47 Å². The molecule has 0 amide bonds. The predicted octanol–water partition coefficient (Wildman–Crippen LogP) is 1.95. The van der Waals surface area contributed by atoms with Gasteiger partial charge in [-0.1, -0.05) is 6.07 Å². The molecule has 1 aromatic heterocycles. The summed E-state index contributed by atoms with van der Waals surface area (Å²) in [6.07, 6.45) is 2.05. The molecule has 3 atom stereocenters. The second kappa shape index (κ2) is 6.31. The Morgan fingerprint density at radius 2 is 2.50 bits per heavy atom. The topological polar surface area (TPSA) is 47.6 Å². The van der Waals surface area contributed by atoms with E-state index in [1.807, 2.05) is 24.4 Å². The van der Waals surface area contributed by atoms with Crippen molar-refractivity contribution in [3.8, 4) is 0 Å². The highest BCUT2D eigenvalue weighted by Crippen LogP contribution is 2.22. The summed E-state index contributed by atoms with van der Waals surface area (Å²) in [4.78, 5) is 13.0. The molecule has 2 heterocycles. The van der Waals surface area contributed by atoms with Gasteiger partial charge in [-0.25, -0.2) is 0 Å². The molecule has 0 radical (unpaired) electrons. The summed E-state index contributed by atoms with van der Waals surface area (Å²) in [7, 11) is 1.42. The van der Waals surface area contributed by atoms with Crippen LogP contribution in [0.25, 0.3) is 0 Å². The molecular weight excluding hydrogens is 250 g/mol. The van der Waals surface area contributed by atoms with Crippen LogP contribution in [0.1, 0.15) is 24.6 Å². The standard InChI is InChI=1S/C13H19NO3S/c1-9-5-6-11(17-9)12(13(15)16-2)14-8-10-4-3-7-18-10/h3-4,7,9,11-12,14H,5-6,8H2,1-2H3. The second-order valence-electron chi connectivity index (χ2n) is 4.52. The molecule has 1 N–H and O–H groups in total. The van der Waals surface area contributed by atoms with Crippen LogP contribution in [0.2, 0.25) is 0 Å². The first-order valence-corrected chi connectivity index (χ1v) is 7.07. The summed E-state index contributed by atoms with van der Waals surface area (Å²) >= 11 is 1.67. The number of esters is 1. The minimum absolute atomic E-state index is 0.0765. The summed E-state index contributed by atoms with van der Waals surface area (Å²) in [6, 6.07) is 3.68. The largest absolute Gasteiger partial charge is 0.468 e. The monoisotopic (exact) mass is 269 g/mol. The third-order valence-electron chi connectivity index (χ3n) is 3.17. The van der Waals surface area contributed by atoms with Gasteiger partial charge in [0.05, 0.1) is 19.3 Å². The zero-order valence-electron chi connectivity index (χ0n) is 10.7. The second-order valence-corrected chi connectivity index (χ2v) is 5.56. The fourth-order valence-corrected chi connectivity index (χ4v) is 2.85. The molecule has 5 heteroatoms. The quantitative estimate of drug-likeness (QED) is 0.830. The maximum absolute atomic E-state index is 11.8. The lowest BCUT2D eigenvalue weighted by molar-refractivity contribution is -0.147. The van der Waals surface area contributed by atoms with Crippen molar-refractivity contribution >= 4 is 17.3 Å². The van der Waals surface area contributed by atoms with Crippen molar-refractivity contribution in [3.63, 3.8) is 0 Å². The number of thiophene rings is 1. The van der Waals surface area contributed by atoms with E-state index in [1.165, 1.54) is 12.0 Å². The van der Waals surface area contributed by atoms with Crippen molar-refractivity contribution in [2.24, 2.45) is 0 Å². The molecule has 0 aromatic carbocycles. The smallest absolute Gasteiger partial charge is 0.325 e. The molecule has 1 saturated heterocycles. The lowest BCUT2D eigenvalue weighted by atomic mass is 10.1. The number of rotatable bonds is 5. The van der Waals surface area contributed by atoms with Crippen LogP contribution in [-0.2, 0) is 20.8 Å². The zero-order valence-corrected chi connectivity index (χ0v) is 11.5. The molecular formula is C13H19NO3S. The first-order chi connectivity index (χ1) is 8.70. The van der Waals surface area contributed by atoms with E-state index in [-0.39, 0.29) is 24.2 Å². The lowest BCUT2D eigenvalue weighted by Crippen LogP contribution is -2.46. The Morgan fingerprint density at radius 1 is 1.67 bits per heavy atom. The van der Waals surface area contributed by atoms with Crippen molar-refractivity contribution in [2.45, 2.75) is 44.6 Å². The van der Waals surface area contributed by atoms with Gasteiger partial charge in [0.25, 0.3) is 0 Å². The molecule has 1 aliphatic rings. The van der Waals surface area contributed by atoms with Crippen molar-refractivity contribution < 1.29 is 14.3 Å². The van der Waals surface area contributed by atoms with Gasteiger partial charge < -0.3 is 9.47 Å². The van der Waals surface area contributed by atoms with Crippen molar-refractivity contribution in [1.82, 2.24) is 5.32 Å². The zero-order chi connectivity index (χ0) is 13.0. The van der Waals surface area contributed by atoms with E-state index in [2.05, 4.69) is 5.32 Å². The highest BCUT2D eigenvalue weighted by Gasteiger charge is 2.34. The van der Waals surface area contributed by atoms with Gasteiger partial charge in [0, 0.05) is 11.4 Å². The van der Waals surface area contributed by atoms with E-state index in [0.717, 1.165) is 12.8 Å². The van der Waals surface area contributed by atoms with Crippen molar-refractivity contribution in [1.29, 1.82) is 0 Å². The summed E-state index contributed by atoms with van der Waals surface area (Å²) in [5, 5.41) is 5.27. The minimum atomic E-state index is -0.373. The van der Waals surface area contributed by atoms with Gasteiger partial charge in [0.1, 0.15) is 6.04 Å². The fourth-order valence-electron chi connectivity index (χ4n) is 2.20. The van der Waals surface area contributed by atoms with E-state index in [9.17, 15) is 4.79 Å². The fraction of sp³-hybridized carbons (Fsp3) is 0.615. The molecule has 0 aliphatic carbocycles. The predicted molar refractivity (Wildman–Crippen MR) is 70.5 cm³/mol. The molecule has 0 bridgehead atoms. The van der Waals surface area contributed by atoms with Gasteiger partial charge in [-0.3, -0.25) is 10.1 Å². The van der Waals surface area contributed by atoms with Gasteiger partial charge in [-0.15, -0.1) is 11.3 Å². The van der Waals surface area contributed by atoms with Crippen LogP contribution < -0.4 is 5.32 Å². The Hall–Kier alpha value is -0.910. The number of hydrogen-bond acceptors (Lipinski definition) is 5. The van der Waals surface area contributed by atoms with Crippen LogP contribution >= 0.6 is 11.3 Å². The van der Waals surface area contributed by atoms with E-state index >= 15 is 0 Å². The summed E-state index contributed by atoms with van der Waals surface area (Å²) in [5.74, 6) is -0.245. The number of methoxy groups -OCH3 is 1. The van der Waals surface area contributed by atoms with Gasteiger partial charge >= 0.3 is 5.97 Å². The maximum atomic E-state index is 11.8. The van der Waals surface area contributed by atoms with Crippen LogP contribution in [0.3, 0.4) is 0 Å². The number of ether oxygens (including phenoxy) is 2. The first-order valence-electron chi connectivity index (χ1n) is 6.19. The SMILES string of the molecule is COC(=O)C(NCc1cccs1)C1CCC(C)O1. The Labute approximate surface area is 111 Å². The van der Waals surface area contributed by atoms with Crippen LogP contribution in [0.15, 0.2) is 17.5 Å². The lowest BCUT2D eigenvalue weighted by Gasteiger charge is -2.22. The van der Waals surface area contributed by atoms with Crippen molar-refractivity contribution in [3.05, 3.63) is 22.4 Å². The average Bonchev–Trinajstić information content (AvgIpc) is 3.01. The normalized spacial score (nSPS) is 25.0. The third kappa shape index (κ3) is 3.31. The van der Waals surface area contributed by atoms with E-state index < -0.39 is 0 Å². The Bertz CT molecular complexity index is 380. The van der Waals surface area contributed by atoms with Gasteiger partial charge in [-0.2, -0.15) is 0 Å². The molecule has 1 fully saturated rings. The summed E-state index contributed by atoms with van der Waals surface area (Å²) in [5.41, 5.74) is 0. The molecule has 0 spiro atoms. The maximum Gasteiger partial charge on any atom is 0.325 e. The first kappa shape index (κ1) is 13.5. The van der Waals surface area contributed by atoms with Crippen LogP contribution in [0.4, 0.5) is 0 Å². The number of carbonyl (C=O) groups excluding carboxylic acids is 1. The Kier molecular flexibility index (Phi) is 4.74. The number of nitrogens with one attached hydrogen (secondary N) is 1. The van der Waals surface area contributed by atoms with Crippen LogP contribution in [-0.4, -0.2) is 31.3 Å². The number of carbonyl (C=O) groups is 1. The molecule has 2 rings (SSSR count). The molecule has 3 unspecified atom stereocenters. The third-order valence-corrected chi connectivity index (χ3v) is 4.04. The highest BCUT2D eigenvalue weighted by molar-refractivity contribution is 7.09. The molecule has 1 aliphatic heterocycles. The van der Waals surface area contributed by atoms with Crippen molar-refractivity contribution in [2.75, 3.05) is 7.11 Å². The Morgan fingerprint density at radius 3 is 3.06 bits per heavy atom. The number of hydrogen-bond donors (Lipinski definition) is 1. The molecule has 0 saturated carbocycles. The molecule has 1 aromatic rings. The van der Waals surface area contributed by atoms with Gasteiger partial charge in [-0.05, 0) is 31.2 Å². The average molecular weight is 269 g/mol. The van der Waals surface area contributed by atoms with Gasteiger partial charge in [0.2, 0.25) is 0 Å². The van der Waals surface area contributed by atoms with Gasteiger partial charge in [0.15, 0.2) is 0 Å². The molecule has 100 valence electrons. The van der Waals surface area contributed by atoms with Crippen LogP contribution in [0, 0.1) is 0 Å². The summed E-state index contributed by atoms with van der Waals surface area (Å²) < 4.78 is 10.6.